The number of nitrogens with two attached hydrogens (primary N) is 1. The van der Waals surface area contributed by atoms with E-state index >= 15 is 0 Å². The number of benzene rings is 1. The lowest BCUT2D eigenvalue weighted by Gasteiger charge is -2.03. The molecule has 2 aromatic rings. The van der Waals surface area contributed by atoms with Crippen molar-refractivity contribution in [3.63, 3.8) is 0 Å². The summed E-state index contributed by atoms with van der Waals surface area (Å²) in [5.74, 6) is 0.433. The van der Waals surface area contributed by atoms with Crippen molar-refractivity contribution in [2.24, 2.45) is 5.73 Å². The molecule has 0 spiro atoms. The van der Waals surface area contributed by atoms with Crippen molar-refractivity contribution >= 4 is 33.2 Å². The van der Waals surface area contributed by atoms with E-state index in [0.717, 1.165) is 15.1 Å². The van der Waals surface area contributed by atoms with Crippen molar-refractivity contribution in [1.82, 2.24) is 4.98 Å². The van der Waals surface area contributed by atoms with Crippen molar-refractivity contribution in [2.75, 3.05) is 0 Å². The zero-order valence-electron chi connectivity index (χ0n) is 9.43. The van der Waals surface area contributed by atoms with E-state index in [1.807, 2.05) is 24.3 Å². The number of hydrogen-bond donors (Lipinski definition) is 1. The second-order valence-electron chi connectivity index (χ2n) is 3.64. The Morgan fingerprint density at radius 1 is 1.39 bits per heavy atom. The van der Waals surface area contributed by atoms with E-state index in [1.165, 1.54) is 11.3 Å². The minimum atomic E-state index is -0.289. The lowest BCUT2D eigenvalue weighted by Crippen LogP contribution is -2.11. The Bertz CT molecular complexity index is 539. The van der Waals surface area contributed by atoms with Crippen LogP contribution in [0.2, 0.25) is 0 Å². The first kappa shape index (κ1) is 13.0. The molecule has 1 amide bonds. The molecule has 1 heterocycles. The third kappa shape index (κ3) is 3.82. The average molecular weight is 327 g/mol. The summed E-state index contributed by atoms with van der Waals surface area (Å²) in [7, 11) is 0. The maximum atomic E-state index is 10.7. The summed E-state index contributed by atoms with van der Waals surface area (Å²) < 4.78 is 6.49. The third-order valence-electron chi connectivity index (χ3n) is 2.24. The van der Waals surface area contributed by atoms with Gasteiger partial charge < -0.3 is 10.5 Å². The van der Waals surface area contributed by atoms with Gasteiger partial charge in [0.25, 0.3) is 5.19 Å². The van der Waals surface area contributed by atoms with E-state index < -0.39 is 0 Å². The monoisotopic (exact) mass is 326 g/mol. The first-order valence-electron chi connectivity index (χ1n) is 5.30. The molecule has 1 aromatic heterocycles. The maximum Gasteiger partial charge on any atom is 0.279 e. The molecule has 0 fully saturated rings. The number of primary amides is 1. The van der Waals surface area contributed by atoms with Crippen molar-refractivity contribution in [2.45, 2.75) is 12.8 Å². The number of hydrogen-bond acceptors (Lipinski definition) is 4. The number of halogens is 1. The van der Waals surface area contributed by atoms with Crippen LogP contribution >= 0.6 is 27.3 Å². The third-order valence-corrected chi connectivity index (χ3v) is 3.60. The summed E-state index contributed by atoms with van der Waals surface area (Å²) in [6.45, 7) is 0. The van der Waals surface area contributed by atoms with Crippen LogP contribution in [0.5, 0.6) is 10.9 Å². The van der Waals surface area contributed by atoms with Gasteiger partial charge in [-0.2, -0.15) is 0 Å². The van der Waals surface area contributed by atoms with Gasteiger partial charge in [0.1, 0.15) is 5.75 Å². The van der Waals surface area contributed by atoms with Crippen LogP contribution in [0.15, 0.2) is 34.2 Å². The Kier molecular flexibility index (Phi) is 4.33. The highest BCUT2D eigenvalue weighted by molar-refractivity contribution is 9.11. The van der Waals surface area contributed by atoms with Crippen LogP contribution in [0, 0.1) is 0 Å². The van der Waals surface area contributed by atoms with Gasteiger partial charge in [-0.1, -0.05) is 23.5 Å². The molecule has 94 valence electrons. The van der Waals surface area contributed by atoms with Crippen LogP contribution in [-0.4, -0.2) is 10.9 Å². The number of carbonyl (C=O) groups is 1. The summed E-state index contributed by atoms with van der Waals surface area (Å²) in [5.41, 5.74) is 6.16. The number of rotatable bonds is 5. The molecule has 0 bridgehead atoms. The van der Waals surface area contributed by atoms with E-state index in [4.69, 9.17) is 10.5 Å². The van der Waals surface area contributed by atoms with Crippen LogP contribution in [0.1, 0.15) is 12.0 Å². The van der Waals surface area contributed by atoms with Gasteiger partial charge >= 0.3 is 0 Å². The van der Waals surface area contributed by atoms with Crippen molar-refractivity contribution in [1.29, 1.82) is 0 Å². The Labute approximate surface area is 117 Å². The van der Waals surface area contributed by atoms with E-state index in [9.17, 15) is 4.79 Å². The van der Waals surface area contributed by atoms with Crippen molar-refractivity contribution in [3.05, 3.63) is 39.8 Å². The molecular weight excluding hydrogens is 316 g/mol. The molecule has 18 heavy (non-hydrogen) atoms. The van der Waals surface area contributed by atoms with E-state index in [1.54, 1.807) is 6.20 Å². The number of aryl methyl sites for hydroxylation is 1. The lowest BCUT2D eigenvalue weighted by atomic mass is 10.1. The smallest absolute Gasteiger partial charge is 0.279 e. The van der Waals surface area contributed by atoms with Gasteiger partial charge in [0.05, 0.1) is 9.98 Å². The van der Waals surface area contributed by atoms with E-state index in [0.29, 0.717) is 18.0 Å². The Morgan fingerprint density at radius 3 is 2.67 bits per heavy atom. The second kappa shape index (κ2) is 5.97. The summed E-state index contributed by atoms with van der Waals surface area (Å²) >= 11 is 4.75. The topological polar surface area (TPSA) is 65.2 Å². The highest BCUT2D eigenvalue weighted by atomic mass is 79.9. The number of ether oxygens (including phenoxy) is 1. The minimum absolute atomic E-state index is 0.289. The van der Waals surface area contributed by atoms with Crippen LogP contribution in [0.3, 0.4) is 0 Å². The fraction of sp³-hybridized carbons (Fsp3) is 0.167. The largest absolute Gasteiger partial charge is 0.431 e. The van der Waals surface area contributed by atoms with E-state index in [2.05, 4.69) is 20.9 Å². The molecule has 6 heteroatoms. The fourth-order valence-electron chi connectivity index (χ4n) is 1.38. The first-order valence-corrected chi connectivity index (χ1v) is 6.91. The van der Waals surface area contributed by atoms with Gasteiger partial charge in [-0.15, -0.1) is 0 Å². The normalized spacial score (nSPS) is 10.3. The first-order chi connectivity index (χ1) is 8.63. The number of amides is 1. The van der Waals surface area contributed by atoms with Crippen LogP contribution in [0.4, 0.5) is 0 Å². The van der Waals surface area contributed by atoms with Gasteiger partial charge in [0.2, 0.25) is 5.91 Å². The van der Waals surface area contributed by atoms with Crippen LogP contribution in [0.25, 0.3) is 0 Å². The molecular formula is C12H11BrN2O2S. The van der Waals surface area contributed by atoms with Crippen molar-refractivity contribution < 1.29 is 9.53 Å². The predicted molar refractivity (Wildman–Crippen MR) is 73.8 cm³/mol. The lowest BCUT2D eigenvalue weighted by molar-refractivity contribution is -0.117. The molecule has 0 saturated carbocycles. The molecule has 0 aliphatic carbocycles. The highest BCUT2D eigenvalue weighted by Crippen LogP contribution is 2.29. The second-order valence-corrected chi connectivity index (χ2v) is 6.02. The number of nitrogens with zero attached hydrogens (tertiary/aromatic N) is 1. The Morgan fingerprint density at radius 2 is 2.11 bits per heavy atom. The zero-order valence-corrected chi connectivity index (χ0v) is 11.8. The maximum absolute atomic E-state index is 10.7. The Balaban J connectivity index is 1.97. The van der Waals surface area contributed by atoms with Gasteiger partial charge in [-0.05, 0) is 40.0 Å². The fourth-order valence-corrected chi connectivity index (χ4v) is 2.41. The summed E-state index contributed by atoms with van der Waals surface area (Å²) in [4.78, 5) is 14.8. The number of aromatic nitrogens is 1. The van der Waals surface area contributed by atoms with Gasteiger partial charge in [-0.25, -0.2) is 4.98 Å². The Hall–Kier alpha value is -1.40. The molecule has 0 unspecified atom stereocenters. The van der Waals surface area contributed by atoms with Gasteiger partial charge in [0, 0.05) is 6.42 Å². The molecule has 2 N–H and O–H groups in total. The molecule has 2 rings (SSSR count). The zero-order chi connectivity index (χ0) is 13.0. The average Bonchev–Trinajstić information content (AvgIpc) is 2.74. The molecule has 0 aliphatic rings. The predicted octanol–water partition coefficient (Wildman–Crippen LogP) is 3.12. The molecule has 4 nitrogen and oxygen atoms in total. The standard InChI is InChI=1S/C12H11BrN2O2S/c13-10-7-15-12(18-10)17-9-4-1-8(2-5-9)3-6-11(14)16/h1-2,4-5,7H,3,6H2,(H2,14,16). The highest BCUT2D eigenvalue weighted by Gasteiger charge is 2.03. The van der Waals surface area contributed by atoms with Gasteiger partial charge in [-0.3, -0.25) is 4.79 Å². The molecule has 1 aromatic carbocycles. The molecule has 0 radical (unpaired) electrons. The van der Waals surface area contributed by atoms with Gasteiger partial charge in [0.15, 0.2) is 0 Å². The van der Waals surface area contributed by atoms with Crippen molar-refractivity contribution in [3.8, 4) is 10.9 Å². The minimum Gasteiger partial charge on any atom is -0.431 e. The summed E-state index contributed by atoms with van der Waals surface area (Å²) in [6.07, 6.45) is 2.71. The number of thiazole rings is 1. The summed E-state index contributed by atoms with van der Waals surface area (Å²) in [6, 6.07) is 7.54. The SMILES string of the molecule is NC(=O)CCc1ccc(Oc2ncc(Br)s2)cc1. The number of carbonyl (C=O) groups excluding carboxylic acids is 1. The molecule has 0 atom stereocenters. The molecule has 0 saturated heterocycles. The molecule has 0 aliphatic heterocycles. The summed E-state index contributed by atoms with van der Waals surface area (Å²) in [5, 5.41) is 0.590. The van der Waals surface area contributed by atoms with E-state index in [-0.39, 0.29) is 5.91 Å². The van der Waals surface area contributed by atoms with Crippen LogP contribution < -0.4 is 10.5 Å². The quantitative estimate of drug-likeness (QED) is 0.918. The van der Waals surface area contributed by atoms with Crippen LogP contribution in [-0.2, 0) is 11.2 Å².